The van der Waals surface area contributed by atoms with Gasteiger partial charge in [0.15, 0.2) is 0 Å². The van der Waals surface area contributed by atoms with Crippen LogP contribution in [0.15, 0.2) is 47.8 Å². The van der Waals surface area contributed by atoms with Crippen molar-refractivity contribution < 1.29 is 0 Å². The molecule has 2 atom stereocenters. The van der Waals surface area contributed by atoms with Crippen molar-refractivity contribution in [2.24, 2.45) is 0 Å². The summed E-state index contributed by atoms with van der Waals surface area (Å²) in [5, 5.41) is 5.73. The van der Waals surface area contributed by atoms with E-state index in [4.69, 9.17) is 0 Å². The number of thiophene rings is 1. The zero-order valence-electron chi connectivity index (χ0n) is 9.68. The number of nitrogens with one attached hydrogen (secondary N) is 1. The predicted molar refractivity (Wildman–Crippen MR) is 70.7 cm³/mol. The zero-order valence-corrected chi connectivity index (χ0v) is 10.5. The number of hydrogen-bond donors (Lipinski definition) is 1. The first kappa shape index (κ1) is 11.4. The van der Waals surface area contributed by atoms with Crippen LogP contribution in [0.4, 0.5) is 0 Å². The summed E-state index contributed by atoms with van der Waals surface area (Å²) in [6.07, 6.45) is 0. The van der Waals surface area contributed by atoms with E-state index in [-0.39, 0.29) is 0 Å². The van der Waals surface area contributed by atoms with Gasteiger partial charge in [0, 0.05) is 17.0 Å². The van der Waals surface area contributed by atoms with Gasteiger partial charge in [0.05, 0.1) is 0 Å². The normalized spacial score (nSPS) is 14.6. The molecular formula is C14H17NS. The molecule has 0 radical (unpaired) electrons. The van der Waals surface area contributed by atoms with Gasteiger partial charge < -0.3 is 5.32 Å². The molecule has 1 aromatic heterocycles. The van der Waals surface area contributed by atoms with E-state index in [1.54, 1.807) is 11.3 Å². The Morgan fingerprint density at radius 3 is 2.31 bits per heavy atom. The van der Waals surface area contributed by atoms with Crippen LogP contribution in [0.3, 0.4) is 0 Å². The molecule has 0 aliphatic heterocycles. The van der Waals surface area contributed by atoms with E-state index in [0.717, 1.165) is 0 Å². The lowest BCUT2D eigenvalue weighted by Crippen LogP contribution is -2.21. The maximum atomic E-state index is 3.61. The fourth-order valence-electron chi connectivity index (χ4n) is 1.83. The average Bonchev–Trinajstić information content (AvgIpc) is 2.83. The highest BCUT2D eigenvalue weighted by atomic mass is 32.1. The molecule has 0 amide bonds. The summed E-state index contributed by atoms with van der Waals surface area (Å²) in [6, 6.07) is 15.6. The van der Waals surface area contributed by atoms with E-state index in [0.29, 0.717) is 12.1 Å². The molecule has 1 nitrogen and oxygen atoms in total. The van der Waals surface area contributed by atoms with Crippen LogP contribution in [0.25, 0.3) is 0 Å². The first-order valence-corrected chi connectivity index (χ1v) is 6.49. The van der Waals surface area contributed by atoms with Gasteiger partial charge >= 0.3 is 0 Å². The lowest BCUT2D eigenvalue weighted by atomic mass is 10.1. The highest BCUT2D eigenvalue weighted by Crippen LogP contribution is 2.22. The molecule has 1 aromatic carbocycles. The molecule has 0 saturated heterocycles. The van der Waals surface area contributed by atoms with Gasteiger partial charge in [-0.1, -0.05) is 36.4 Å². The Bertz CT molecular complexity index is 408. The van der Waals surface area contributed by atoms with Gasteiger partial charge in [-0.05, 0) is 30.9 Å². The van der Waals surface area contributed by atoms with Crippen molar-refractivity contribution in [2.45, 2.75) is 25.9 Å². The minimum Gasteiger partial charge on any atom is -0.303 e. The molecule has 1 unspecified atom stereocenters. The van der Waals surface area contributed by atoms with Gasteiger partial charge in [0.2, 0.25) is 0 Å². The van der Waals surface area contributed by atoms with Crippen molar-refractivity contribution in [1.82, 2.24) is 5.32 Å². The molecule has 0 aliphatic carbocycles. The molecule has 1 N–H and O–H groups in total. The standard InChI is InChI=1S/C14H17NS/c1-11(13-7-4-3-5-8-13)15-12(2)14-9-6-10-16-14/h3-12,15H,1-2H3/t11?,12-/m1/s1. The van der Waals surface area contributed by atoms with Gasteiger partial charge in [-0.15, -0.1) is 11.3 Å². The summed E-state index contributed by atoms with van der Waals surface area (Å²) in [5.74, 6) is 0. The van der Waals surface area contributed by atoms with Gasteiger partial charge in [0.1, 0.15) is 0 Å². The third kappa shape index (κ3) is 2.71. The smallest absolute Gasteiger partial charge is 0.0391 e. The molecule has 0 spiro atoms. The Balaban J connectivity index is 2.00. The van der Waals surface area contributed by atoms with Crippen LogP contribution in [0, 0.1) is 0 Å². The van der Waals surface area contributed by atoms with E-state index in [1.165, 1.54) is 10.4 Å². The molecule has 0 bridgehead atoms. The second kappa shape index (κ2) is 5.28. The fraction of sp³-hybridized carbons (Fsp3) is 0.286. The van der Waals surface area contributed by atoms with Crippen molar-refractivity contribution in [3.05, 3.63) is 58.3 Å². The molecule has 0 aliphatic rings. The fourth-order valence-corrected chi connectivity index (χ4v) is 2.58. The van der Waals surface area contributed by atoms with Gasteiger partial charge in [-0.25, -0.2) is 0 Å². The summed E-state index contributed by atoms with van der Waals surface area (Å²) in [5.41, 5.74) is 1.34. The van der Waals surface area contributed by atoms with E-state index < -0.39 is 0 Å². The Kier molecular flexibility index (Phi) is 3.75. The van der Waals surface area contributed by atoms with E-state index >= 15 is 0 Å². The summed E-state index contributed by atoms with van der Waals surface area (Å²) in [4.78, 5) is 1.39. The number of hydrogen-bond acceptors (Lipinski definition) is 2. The van der Waals surface area contributed by atoms with Crippen molar-refractivity contribution in [1.29, 1.82) is 0 Å². The molecule has 2 aromatic rings. The second-order valence-corrected chi connectivity index (χ2v) is 5.02. The van der Waals surface area contributed by atoms with E-state index in [9.17, 15) is 0 Å². The maximum Gasteiger partial charge on any atom is 0.0391 e. The maximum absolute atomic E-state index is 3.61. The monoisotopic (exact) mass is 231 g/mol. The van der Waals surface area contributed by atoms with Crippen molar-refractivity contribution >= 4 is 11.3 Å². The van der Waals surface area contributed by atoms with Crippen LogP contribution < -0.4 is 5.32 Å². The van der Waals surface area contributed by atoms with Crippen LogP contribution in [-0.4, -0.2) is 0 Å². The predicted octanol–water partition coefficient (Wildman–Crippen LogP) is 4.16. The lowest BCUT2D eigenvalue weighted by Gasteiger charge is -2.19. The Hall–Kier alpha value is -1.12. The van der Waals surface area contributed by atoms with Crippen LogP contribution in [0.2, 0.25) is 0 Å². The summed E-state index contributed by atoms with van der Waals surface area (Å²) in [7, 11) is 0. The van der Waals surface area contributed by atoms with Crippen LogP contribution in [0.1, 0.15) is 36.4 Å². The van der Waals surface area contributed by atoms with Crippen LogP contribution in [-0.2, 0) is 0 Å². The molecule has 1 heterocycles. The summed E-state index contributed by atoms with van der Waals surface area (Å²) >= 11 is 1.81. The summed E-state index contributed by atoms with van der Waals surface area (Å²) < 4.78 is 0. The third-order valence-corrected chi connectivity index (χ3v) is 3.82. The van der Waals surface area contributed by atoms with Crippen molar-refractivity contribution in [2.75, 3.05) is 0 Å². The van der Waals surface area contributed by atoms with E-state index in [2.05, 4.69) is 67.0 Å². The topological polar surface area (TPSA) is 12.0 Å². The van der Waals surface area contributed by atoms with Crippen molar-refractivity contribution in [3.63, 3.8) is 0 Å². The molecule has 84 valence electrons. The average molecular weight is 231 g/mol. The molecule has 2 rings (SSSR count). The molecule has 2 heteroatoms. The van der Waals surface area contributed by atoms with Crippen molar-refractivity contribution in [3.8, 4) is 0 Å². The first-order chi connectivity index (χ1) is 7.77. The van der Waals surface area contributed by atoms with Crippen LogP contribution in [0.5, 0.6) is 0 Å². The quantitative estimate of drug-likeness (QED) is 0.833. The highest BCUT2D eigenvalue weighted by molar-refractivity contribution is 7.10. The van der Waals surface area contributed by atoms with E-state index in [1.807, 2.05) is 0 Å². The molecule has 0 fully saturated rings. The van der Waals surface area contributed by atoms with Gasteiger partial charge in [-0.2, -0.15) is 0 Å². The molecule has 0 saturated carbocycles. The Morgan fingerprint density at radius 1 is 0.938 bits per heavy atom. The summed E-state index contributed by atoms with van der Waals surface area (Å²) in [6.45, 7) is 4.42. The Labute approximate surface area is 101 Å². The highest BCUT2D eigenvalue weighted by Gasteiger charge is 2.10. The van der Waals surface area contributed by atoms with Gasteiger partial charge in [0.25, 0.3) is 0 Å². The molecule has 16 heavy (non-hydrogen) atoms. The molecular weight excluding hydrogens is 214 g/mol. The second-order valence-electron chi connectivity index (χ2n) is 4.04. The lowest BCUT2D eigenvalue weighted by molar-refractivity contribution is 0.500. The largest absolute Gasteiger partial charge is 0.303 e. The number of benzene rings is 1. The third-order valence-electron chi connectivity index (χ3n) is 2.77. The minimum atomic E-state index is 0.387. The SMILES string of the molecule is CC(N[C@H](C)c1cccs1)c1ccccc1. The van der Waals surface area contributed by atoms with Crippen LogP contribution >= 0.6 is 11.3 Å². The number of rotatable bonds is 4. The zero-order chi connectivity index (χ0) is 11.4. The first-order valence-electron chi connectivity index (χ1n) is 5.62. The minimum absolute atomic E-state index is 0.387. The Morgan fingerprint density at radius 2 is 1.69 bits per heavy atom. The van der Waals surface area contributed by atoms with Gasteiger partial charge in [-0.3, -0.25) is 0 Å².